The minimum absolute atomic E-state index is 0.502. The smallest absolute Gasteiger partial charge is 0.0783 e. The molecule has 1 nitrogen and oxygen atoms in total. The minimum Gasteiger partial charge on any atom is -0.374 e. The first-order valence-electron chi connectivity index (χ1n) is 5.55. The Kier molecular flexibility index (Phi) is 0.569. The van der Waals surface area contributed by atoms with E-state index in [1.165, 1.54) is 5.92 Å². The van der Waals surface area contributed by atoms with Gasteiger partial charge in [0.2, 0.25) is 0 Å². The van der Waals surface area contributed by atoms with Gasteiger partial charge in [-0.25, -0.2) is 0 Å². The van der Waals surface area contributed by atoms with E-state index in [0.717, 1.165) is 42.1 Å². The molecule has 6 aliphatic carbocycles. The number of ether oxygens (including phenoxy) is 1. The van der Waals surface area contributed by atoms with Crippen molar-refractivity contribution in [1.82, 2.24) is 0 Å². The molecule has 0 radical (unpaired) electrons. The maximum Gasteiger partial charge on any atom is 0.0783 e. The van der Waals surface area contributed by atoms with Gasteiger partial charge >= 0.3 is 0 Å². The molecule has 6 rings (SSSR count). The van der Waals surface area contributed by atoms with Crippen LogP contribution in [-0.4, -0.2) is 12.2 Å². The zero-order chi connectivity index (χ0) is 7.66. The molecule has 12 heavy (non-hydrogen) atoms. The highest BCUT2D eigenvalue weighted by Crippen LogP contribution is 2.96. The summed E-state index contributed by atoms with van der Waals surface area (Å²) in [5.74, 6) is 7.84. The maximum atomic E-state index is 6.02. The first-order chi connectivity index (χ1) is 5.91. The van der Waals surface area contributed by atoms with Crippen LogP contribution in [0.4, 0.5) is 0 Å². The highest BCUT2D eigenvalue weighted by atomic mass is 16.5. The van der Waals surface area contributed by atoms with Crippen LogP contribution in [0, 0.1) is 41.4 Å². The van der Waals surface area contributed by atoms with Crippen LogP contribution >= 0.6 is 0 Å². The molecule has 1 heteroatoms. The van der Waals surface area contributed by atoms with Gasteiger partial charge in [-0.15, -0.1) is 0 Å². The summed E-state index contributed by atoms with van der Waals surface area (Å²) in [6.07, 6.45) is 1.59. The van der Waals surface area contributed by atoms with E-state index in [-0.39, 0.29) is 0 Å². The summed E-state index contributed by atoms with van der Waals surface area (Å²) >= 11 is 0. The predicted octanol–water partition coefficient (Wildman–Crippen LogP) is 1.53. The van der Waals surface area contributed by atoms with Crippen LogP contribution in [0.5, 0.6) is 0 Å². The van der Waals surface area contributed by atoms with Crippen molar-refractivity contribution >= 4 is 0 Å². The Balaban J connectivity index is 1.65. The Labute approximate surface area is 72.5 Å². The van der Waals surface area contributed by atoms with Crippen LogP contribution in [0.15, 0.2) is 0 Å². The summed E-state index contributed by atoms with van der Waals surface area (Å²) < 4.78 is 6.02. The Morgan fingerprint density at radius 1 is 1.17 bits per heavy atom. The molecule has 6 aliphatic rings. The van der Waals surface area contributed by atoms with Gasteiger partial charge in [0.1, 0.15) is 0 Å². The molecule has 0 heterocycles. The molecule has 0 N–H and O–H groups in total. The zero-order valence-electron chi connectivity index (χ0n) is 7.36. The van der Waals surface area contributed by atoms with E-state index in [1.54, 1.807) is 6.42 Å². The van der Waals surface area contributed by atoms with Gasteiger partial charge in [0.25, 0.3) is 0 Å². The largest absolute Gasteiger partial charge is 0.374 e. The van der Waals surface area contributed by atoms with E-state index in [4.69, 9.17) is 4.74 Å². The van der Waals surface area contributed by atoms with E-state index >= 15 is 0 Å². The highest BCUT2D eigenvalue weighted by Gasteiger charge is 2.98. The van der Waals surface area contributed by atoms with Gasteiger partial charge in [-0.05, 0) is 54.8 Å². The molecule has 0 aromatic heterocycles. The number of hydrogen-bond acceptors (Lipinski definition) is 1. The molecule has 8 atom stereocenters. The standard InChI is InChI=1S/C11H14O/c1-2-12-11-8-5-3-4-6(8)10(11)7(4)9(5)11/h4-10H,2-3H2,1H3/t4?,5?,6-,7-,8-,9+,10?,11?/m0/s1. The quantitative estimate of drug-likeness (QED) is 0.598. The molecule has 0 spiro atoms. The molecule has 0 saturated heterocycles. The lowest BCUT2D eigenvalue weighted by molar-refractivity contribution is -0.479. The average Bonchev–Trinajstić information content (AvgIpc) is 2.33. The molecular weight excluding hydrogens is 148 g/mol. The molecule has 64 valence electrons. The summed E-state index contributed by atoms with van der Waals surface area (Å²) in [6.45, 7) is 3.12. The van der Waals surface area contributed by atoms with Crippen molar-refractivity contribution in [3.63, 3.8) is 0 Å². The first kappa shape index (κ1) is 5.64. The van der Waals surface area contributed by atoms with Crippen LogP contribution in [0.1, 0.15) is 13.3 Å². The summed E-state index contributed by atoms with van der Waals surface area (Å²) in [4.78, 5) is 0. The Hall–Kier alpha value is -0.0400. The van der Waals surface area contributed by atoms with Gasteiger partial charge in [-0.2, -0.15) is 0 Å². The first-order valence-corrected chi connectivity index (χ1v) is 5.55. The Morgan fingerprint density at radius 2 is 1.92 bits per heavy atom. The van der Waals surface area contributed by atoms with Gasteiger partial charge in [0, 0.05) is 6.61 Å². The van der Waals surface area contributed by atoms with Crippen LogP contribution < -0.4 is 0 Å². The average molecular weight is 162 g/mol. The van der Waals surface area contributed by atoms with Gasteiger partial charge in [0.05, 0.1) is 5.60 Å². The normalized spacial score (nSPS) is 83.2. The van der Waals surface area contributed by atoms with Crippen LogP contribution in [0.3, 0.4) is 0 Å². The van der Waals surface area contributed by atoms with E-state index < -0.39 is 0 Å². The molecule has 0 aromatic rings. The molecule has 0 aromatic carbocycles. The third-order valence-electron chi connectivity index (χ3n) is 6.07. The van der Waals surface area contributed by atoms with Gasteiger partial charge in [-0.3, -0.25) is 0 Å². The second kappa shape index (κ2) is 1.21. The lowest BCUT2D eigenvalue weighted by atomic mass is 9.17. The summed E-state index contributed by atoms with van der Waals surface area (Å²) in [7, 11) is 0. The lowest BCUT2D eigenvalue weighted by Crippen LogP contribution is -2.93. The van der Waals surface area contributed by atoms with Crippen molar-refractivity contribution in [2.45, 2.75) is 18.9 Å². The fourth-order valence-corrected chi connectivity index (χ4v) is 6.32. The van der Waals surface area contributed by atoms with Crippen LogP contribution in [-0.2, 0) is 4.74 Å². The van der Waals surface area contributed by atoms with Gasteiger partial charge < -0.3 is 4.74 Å². The van der Waals surface area contributed by atoms with E-state index in [1.807, 2.05) is 0 Å². The van der Waals surface area contributed by atoms with Crippen LogP contribution in [0.2, 0.25) is 0 Å². The molecular formula is C11H14O. The SMILES string of the molecule is CCOC12C3[C@H]4C5CC([C@H]41)[C@H]2[C@H]53. The Bertz CT molecular complexity index is 273. The number of rotatable bonds is 2. The predicted molar refractivity (Wildman–Crippen MR) is 43.4 cm³/mol. The summed E-state index contributed by atoms with van der Waals surface area (Å²) in [5, 5.41) is 0. The fraction of sp³-hybridized carbons (Fsp3) is 1.00. The van der Waals surface area contributed by atoms with E-state index in [2.05, 4.69) is 6.92 Å². The molecule has 0 aliphatic heterocycles. The zero-order valence-corrected chi connectivity index (χ0v) is 7.36. The fourth-order valence-electron chi connectivity index (χ4n) is 6.32. The topological polar surface area (TPSA) is 9.23 Å². The Morgan fingerprint density at radius 3 is 2.50 bits per heavy atom. The molecule has 4 unspecified atom stereocenters. The summed E-state index contributed by atoms with van der Waals surface area (Å²) in [5.41, 5.74) is 0.502. The second-order valence-corrected chi connectivity index (χ2v) is 5.58. The van der Waals surface area contributed by atoms with E-state index in [9.17, 15) is 0 Å². The third kappa shape index (κ3) is 0.238. The van der Waals surface area contributed by atoms with Crippen molar-refractivity contribution in [2.24, 2.45) is 41.4 Å². The lowest BCUT2D eigenvalue weighted by Gasteiger charge is -2.90. The van der Waals surface area contributed by atoms with Gasteiger partial charge in [-0.1, -0.05) is 0 Å². The maximum absolute atomic E-state index is 6.02. The highest BCUT2D eigenvalue weighted by molar-refractivity contribution is 5.46. The third-order valence-corrected chi connectivity index (χ3v) is 6.07. The van der Waals surface area contributed by atoms with Crippen molar-refractivity contribution in [3.8, 4) is 0 Å². The molecule has 0 amide bonds. The van der Waals surface area contributed by atoms with E-state index in [0.29, 0.717) is 5.60 Å². The van der Waals surface area contributed by atoms with Gasteiger partial charge in [0.15, 0.2) is 0 Å². The second-order valence-electron chi connectivity index (χ2n) is 5.58. The van der Waals surface area contributed by atoms with Crippen molar-refractivity contribution in [2.75, 3.05) is 6.61 Å². The summed E-state index contributed by atoms with van der Waals surface area (Å²) in [6, 6.07) is 0. The monoisotopic (exact) mass is 162 g/mol. The van der Waals surface area contributed by atoms with Crippen LogP contribution in [0.25, 0.3) is 0 Å². The van der Waals surface area contributed by atoms with Crippen molar-refractivity contribution in [1.29, 1.82) is 0 Å². The molecule has 6 saturated carbocycles. The van der Waals surface area contributed by atoms with Crippen molar-refractivity contribution < 1.29 is 4.74 Å². The minimum atomic E-state index is 0.502. The van der Waals surface area contributed by atoms with Crippen molar-refractivity contribution in [3.05, 3.63) is 0 Å². The molecule has 2 bridgehead atoms. The number of hydrogen-bond donors (Lipinski definition) is 0. The molecule has 6 fully saturated rings.